The van der Waals surface area contributed by atoms with Crippen molar-refractivity contribution >= 4 is 5.97 Å². The minimum atomic E-state index is -0.00689. The fourth-order valence-corrected chi connectivity index (χ4v) is 2.08. The van der Waals surface area contributed by atoms with E-state index in [1.165, 1.54) is 32.1 Å². The summed E-state index contributed by atoms with van der Waals surface area (Å²) >= 11 is 0. The van der Waals surface area contributed by atoms with Crippen LogP contribution in [0.15, 0.2) is 0 Å². The van der Waals surface area contributed by atoms with E-state index in [2.05, 4.69) is 27.7 Å². The summed E-state index contributed by atoms with van der Waals surface area (Å²) < 4.78 is 5.29. The molecule has 0 heterocycles. The predicted octanol–water partition coefficient (Wildman–Crippen LogP) is 5.35. The van der Waals surface area contributed by atoms with E-state index >= 15 is 0 Å². The van der Waals surface area contributed by atoms with Gasteiger partial charge in [0.1, 0.15) is 0 Å². The van der Waals surface area contributed by atoms with Gasteiger partial charge >= 0.3 is 5.97 Å². The minimum Gasteiger partial charge on any atom is -0.466 e. The molecule has 0 saturated heterocycles. The van der Waals surface area contributed by atoms with Crippen molar-refractivity contribution in [3.63, 3.8) is 0 Å². The molecule has 0 radical (unpaired) electrons. The number of rotatable bonds is 12. The van der Waals surface area contributed by atoms with Crippen LogP contribution in [0.25, 0.3) is 0 Å². The third-order valence-electron chi connectivity index (χ3n) is 3.59. The molecule has 2 heteroatoms. The van der Waals surface area contributed by atoms with Crippen molar-refractivity contribution in [1.29, 1.82) is 0 Å². The molecule has 1 unspecified atom stereocenters. The first-order valence-corrected chi connectivity index (χ1v) is 8.21. The highest BCUT2D eigenvalue weighted by molar-refractivity contribution is 5.69. The molecule has 0 N–H and O–H groups in total. The van der Waals surface area contributed by atoms with E-state index in [-0.39, 0.29) is 5.97 Å². The summed E-state index contributed by atoms with van der Waals surface area (Å²) in [6, 6.07) is 0. The highest BCUT2D eigenvalue weighted by Crippen LogP contribution is 2.15. The zero-order valence-corrected chi connectivity index (χ0v) is 13.5. The lowest BCUT2D eigenvalue weighted by atomic mass is 9.97. The topological polar surface area (TPSA) is 26.3 Å². The van der Waals surface area contributed by atoms with E-state index in [4.69, 9.17) is 4.74 Å². The molecule has 0 aromatic heterocycles. The molecule has 19 heavy (non-hydrogen) atoms. The largest absolute Gasteiger partial charge is 0.466 e. The molecule has 0 fully saturated rings. The van der Waals surface area contributed by atoms with E-state index in [0.29, 0.717) is 18.9 Å². The van der Waals surface area contributed by atoms with Gasteiger partial charge in [0.05, 0.1) is 6.61 Å². The summed E-state index contributed by atoms with van der Waals surface area (Å²) in [5.74, 6) is 1.43. The molecule has 0 aliphatic heterocycles. The van der Waals surface area contributed by atoms with E-state index in [1.807, 2.05) is 0 Å². The standard InChI is InChI=1S/C17H34O2/c1-5-6-7-8-9-10-17(18)19-14-13-16(4)12-11-15(2)3/h15-16H,5-14H2,1-4H3. The fourth-order valence-electron chi connectivity index (χ4n) is 2.08. The lowest BCUT2D eigenvalue weighted by Crippen LogP contribution is -2.09. The second-order valence-electron chi connectivity index (χ2n) is 6.25. The van der Waals surface area contributed by atoms with Crippen LogP contribution in [0.4, 0.5) is 0 Å². The van der Waals surface area contributed by atoms with Crippen LogP contribution >= 0.6 is 0 Å². The predicted molar refractivity (Wildman–Crippen MR) is 82.2 cm³/mol. The number of unbranched alkanes of at least 4 members (excludes halogenated alkanes) is 4. The maximum atomic E-state index is 11.5. The zero-order valence-electron chi connectivity index (χ0n) is 13.5. The Morgan fingerprint density at radius 3 is 2.26 bits per heavy atom. The molecule has 0 aromatic carbocycles. The molecule has 0 saturated carbocycles. The second kappa shape index (κ2) is 12.5. The van der Waals surface area contributed by atoms with Crippen molar-refractivity contribution in [1.82, 2.24) is 0 Å². The van der Waals surface area contributed by atoms with Crippen LogP contribution in [0.2, 0.25) is 0 Å². The Kier molecular flexibility index (Phi) is 12.2. The van der Waals surface area contributed by atoms with E-state index in [9.17, 15) is 4.79 Å². The zero-order chi connectivity index (χ0) is 14.5. The normalized spacial score (nSPS) is 12.7. The number of carbonyl (C=O) groups excluding carboxylic acids is 1. The number of esters is 1. The van der Waals surface area contributed by atoms with E-state index < -0.39 is 0 Å². The van der Waals surface area contributed by atoms with Gasteiger partial charge in [-0.3, -0.25) is 4.79 Å². The van der Waals surface area contributed by atoms with Crippen molar-refractivity contribution in [2.75, 3.05) is 6.61 Å². The first kappa shape index (κ1) is 18.5. The van der Waals surface area contributed by atoms with Crippen LogP contribution < -0.4 is 0 Å². The van der Waals surface area contributed by atoms with E-state index in [1.54, 1.807) is 0 Å². The first-order chi connectivity index (χ1) is 9.06. The Hall–Kier alpha value is -0.530. The van der Waals surface area contributed by atoms with Crippen LogP contribution in [0.3, 0.4) is 0 Å². The van der Waals surface area contributed by atoms with Gasteiger partial charge in [0.25, 0.3) is 0 Å². The molecule has 0 aromatic rings. The quantitative estimate of drug-likeness (QED) is 0.353. The monoisotopic (exact) mass is 270 g/mol. The Labute approximate surface area is 120 Å². The fraction of sp³-hybridized carbons (Fsp3) is 0.941. The minimum absolute atomic E-state index is 0.00689. The Bertz CT molecular complexity index is 211. The van der Waals surface area contributed by atoms with Crippen molar-refractivity contribution < 1.29 is 9.53 Å². The van der Waals surface area contributed by atoms with Crippen LogP contribution in [0.5, 0.6) is 0 Å². The molecule has 114 valence electrons. The lowest BCUT2D eigenvalue weighted by molar-refractivity contribution is -0.144. The number of ether oxygens (including phenoxy) is 1. The molecular formula is C17H34O2. The van der Waals surface area contributed by atoms with Crippen molar-refractivity contribution in [3.05, 3.63) is 0 Å². The van der Waals surface area contributed by atoms with Crippen molar-refractivity contribution in [2.45, 2.75) is 85.5 Å². The maximum absolute atomic E-state index is 11.5. The summed E-state index contributed by atoms with van der Waals surface area (Å²) in [5.41, 5.74) is 0. The smallest absolute Gasteiger partial charge is 0.305 e. The van der Waals surface area contributed by atoms with Crippen molar-refractivity contribution in [2.24, 2.45) is 11.8 Å². The van der Waals surface area contributed by atoms with Gasteiger partial charge in [0.2, 0.25) is 0 Å². The molecule has 0 amide bonds. The van der Waals surface area contributed by atoms with Crippen LogP contribution in [0.1, 0.15) is 85.5 Å². The molecule has 1 atom stereocenters. The van der Waals surface area contributed by atoms with Gasteiger partial charge in [-0.2, -0.15) is 0 Å². The molecule has 2 nitrogen and oxygen atoms in total. The summed E-state index contributed by atoms with van der Waals surface area (Å²) in [4.78, 5) is 11.5. The van der Waals surface area contributed by atoms with Gasteiger partial charge < -0.3 is 4.74 Å². The highest BCUT2D eigenvalue weighted by atomic mass is 16.5. The first-order valence-electron chi connectivity index (χ1n) is 8.21. The van der Waals surface area contributed by atoms with Gasteiger partial charge in [-0.05, 0) is 24.7 Å². The van der Waals surface area contributed by atoms with Crippen molar-refractivity contribution in [3.8, 4) is 0 Å². The molecule has 0 aliphatic rings. The average Bonchev–Trinajstić information content (AvgIpc) is 2.36. The Morgan fingerprint density at radius 1 is 0.947 bits per heavy atom. The molecule has 0 bridgehead atoms. The summed E-state index contributed by atoms with van der Waals surface area (Å²) in [6.07, 6.45) is 10.0. The van der Waals surface area contributed by atoms with Crippen LogP contribution in [-0.2, 0) is 9.53 Å². The number of hydrogen-bond acceptors (Lipinski definition) is 2. The third kappa shape index (κ3) is 13.7. The third-order valence-corrected chi connectivity index (χ3v) is 3.59. The maximum Gasteiger partial charge on any atom is 0.305 e. The van der Waals surface area contributed by atoms with Crippen LogP contribution in [0, 0.1) is 11.8 Å². The van der Waals surface area contributed by atoms with Gasteiger partial charge in [-0.25, -0.2) is 0 Å². The molecule has 0 rings (SSSR count). The van der Waals surface area contributed by atoms with Gasteiger partial charge in [-0.1, -0.05) is 66.2 Å². The van der Waals surface area contributed by atoms with Gasteiger partial charge in [-0.15, -0.1) is 0 Å². The Morgan fingerprint density at radius 2 is 1.63 bits per heavy atom. The molecule has 0 aliphatic carbocycles. The average molecular weight is 270 g/mol. The van der Waals surface area contributed by atoms with Gasteiger partial charge in [0.15, 0.2) is 0 Å². The summed E-state index contributed by atoms with van der Waals surface area (Å²) in [5, 5.41) is 0. The van der Waals surface area contributed by atoms with E-state index in [0.717, 1.165) is 25.2 Å². The summed E-state index contributed by atoms with van der Waals surface area (Å²) in [6.45, 7) is 9.57. The number of carbonyl (C=O) groups is 1. The highest BCUT2D eigenvalue weighted by Gasteiger charge is 2.06. The second-order valence-corrected chi connectivity index (χ2v) is 6.25. The lowest BCUT2D eigenvalue weighted by Gasteiger charge is -2.13. The molecular weight excluding hydrogens is 236 g/mol. The molecule has 0 spiro atoms. The SMILES string of the molecule is CCCCCCCC(=O)OCCC(C)CCC(C)C. The number of hydrogen-bond donors (Lipinski definition) is 0. The van der Waals surface area contributed by atoms with Gasteiger partial charge in [0, 0.05) is 6.42 Å². The summed E-state index contributed by atoms with van der Waals surface area (Å²) in [7, 11) is 0. The van der Waals surface area contributed by atoms with Crippen LogP contribution in [-0.4, -0.2) is 12.6 Å². The Balaban J connectivity index is 3.37.